The van der Waals surface area contributed by atoms with E-state index in [9.17, 15) is 9.59 Å². The lowest BCUT2D eigenvalue weighted by molar-refractivity contribution is -0.136. The van der Waals surface area contributed by atoms with E-state index >= 15 is 0 Å². The molecule has 2 amide bonds. The summed E-state index contributed by atoms with van der Waals surface area (Å²) in [7, 11) is 1.61. The third kappa shape index (κ3) is 3.54. The molecule has 2 atom stereocenters. The van der Waals surface area contributed by atoms with Gasteiger partial charge in [0.1, 0.15) is 11.1 Å². The predicted octanol–water partition coefficient (Wildman–Crippen LogP) is 3.32. The molecule has 2 heterocycles. The van der Waals surface area contributed by atoms with E-state index in [-0.39, 0.29) is 29.5 Å². The Morgan fingerprint density at radius 3 is 2.56 bits per heavy atom. The molecule has 0 N–H and O–H groups in total. The van der Waals surface area contributed by atoms with Gasteiger partial charge in [-0.1, -0.05) is 30.3 Å². The first-order valence-electron chi connectivity index (χ1n) is 9.09. The molecule has 0 aromatic heterocycles. The standard InChI is InChI=1S/C21H22N2O3S/c1-26-18-9-7-17(8-10-18)23-14-16(13-19(23)24)20(25)22-11-12-27-21(22)15-5-3-2-4-6-15/h2-10,16,21H,11-14H2,1H3. The van der Waals surface area contributed by atoms with Gasteiger partial charge in [-0.05, 0) is 29.8 Å². The van der Waals surface area contributed by atoms with E-state index in [1.54, 1.807) is 23.8 Å². The van der Waals surface area contributed by atoms with Crippen LogP contribution in [-0.4, -0.2) is 42.7 Å². The summed E-state index contributed by atoms with van der Waals surface area (Å²) in [5.74, 6) is 1.47. The van der Waals surface area contributed by atoms with E-state index in [1.807, 2.05) is 47.4 Å². The number of carbonyl (C=O) groups excluding carboxylic acids is 2. The van der Waals surface area contributed by atoms with Crippen molar-refractivity contribution < 1.29 is 14.3 Å². The monoisotopic (exact) mass is 382 g/mol. The van der Waals surface area contributed by atoms with Crippen LogP contribution < -0.4 is 9.64 Å². The zero-order chi connectivity index (χ0) is 18.8. The Balaban J connectivity index is 1.48. The zero-order valence-electron chi connectivity index (χ0n) is 15.2. The molecule has 6 heteroatoms. The first kappa shape index (κ1) is 17.9. The first-order chi connectivity index (χ1) is 13.2. The molecule has 0 saturated carbocycles. The summed E-state index contributed by atoms with van der Waals surface area (Å²) in [6.07, 6.45) is 0.271. The third-order valence-corrected chi connectivity index (χ3v) is 6.38. The molecule has 27 heavy (non-hydrogen) atoms. The summed E-state index contributed by atoms with van der Waals surface area (Å²) < 4.78 is 5.17. The van der Waals surface area contributed by atoms with E-state index in [0.717, 1.165) is 29.3 Å². The molecule has 0 spiro atoms. The van der Waals surface area contributed by atoms with Crippen molar-refractivity contribution in [3.05, 3.63) is 60.2 Å². The largest absolute Gasteiger partial charge is 0.497 e. The Bertz CT molecular complexity index is 825. The minimum Gasteiger partial charge on any atom is -0.497 e. The van der Waals surface area contributed by atoms with Gasteiger partial charge in [0, 0.05) is 31.0 Å². The lowest BCUT2D eigenvalue weighted by Crippen LogP contribution is -2.37. The van der Waals surface area contributed by atoms with Crippen LogP contribution in [0.3, 0.4) is 0 Å². The number of hydrogen-bond acceptors (Lipinski definition) is 4. The van der Waals surface area contributed by atoms with Gasteiger partial charge in [0.25, 0.3) is 0 Å². The Hall–Kier alpha value is -2.47. The fourth-order valence-electron chi connectivity index (χ4n) is 3.71. The van der Waals surface area contributed by atoms with Gasteiger partial charge < -0.3 is 14.5 Å². The van der Waals surface area contributed by atoms with Gasteiger partial charge in [-0.25, -0.2) is 0 Å². The third-order valence-electron chi connectivity index (χ3n) is 5.12. The molecule has 2 fully saturated rings. The second-order valence-corrected chi connectivity index (χ2v) is 7.96. The number of rotatable bonds is 4. The average Bonchev–Trinajstić information content (AvgIpc) is 3.35. The van der Waals surface area contributed by atoms with Crippen LogP contribution in [0, 0.1) is 5.92 Å². The molecule has 0 bridgehead atoms. The quantitative estimate of drug-likeness (QED) is 0.814. The van der Waals surface area contributed by atoms with E-state index < -0.39 is 0 Å². The normalized spacial score (nSPS) is 22.3. The highest BCUT2D eigenvalue weighted by molar-refractivity contribution is 7.99. The molecule has 2 aliphatic heterocycles. The minimum atomic E-state index is -0.287. The second kappa shape index (κ2) is 7.64. The Kier molecular flexibility index (Phi) is 5.07. The highest BCUT2D eigenvalue weighted by Gasteiger charge is 2.40. The van der Waals surface area contributed by atoms with Crippen LogP contribution in [0.2, 0.25) is 0 Å². The zero-order valence-corrected chi connectivity index (χ0v) is 16.0. The predicted molar refractivity (Wildman–Crippen MR) is 107 cm³/mol. The van der Waals surface area contributed by atoms with E-state index in [2.05, 4.69) is 12.1 Å². The number of anilines is 1. The maximum absolute atomic E-state index is 13.2. The molecule has 4 rings (SSSR count). The molecular weight excluding hydrogens is 360 g/mol. The number of ether oxygens (including phenoxy) is 1. The minimum absolute atomic E-state index is 0.00151. The fraction of sp³-hybridized carbons (Fsp3) is 0.333. The van der Waals surface area contributed by atoms with Crippen LogP contribution in [0.1, 0.15) is 17.4 Å². The number of hydrogen-bond donors (Lipinski definition) is 0. The summed E-state index contributed by atoms with van der Waals surface area (Å²) in [6.45, 7) is 1.17. The molecule has 2 saturated heterocycles. The van der Waals surface area contributed by atoms with Gasteiger partial charge in [0.15, 0.2) is 0 Å². The summed E-state index contributed by atoms with van der Waals surface area (Å²) >= 11 is 1.79. The number of nitrogens with zero attached hydrogens (tertiary/aromatic N) is 2. The molecule has 2 unspecified atom stereocenters. The van der Waals surface area contributed by atoms with Crippen molar-refractivity contribution in [2.75, 3.05) is 30.9 Å². The number of methoxy groups -OCH3 is 1. The van der Waals surface area contributed by atoms with Crippen molar-refractivity contribution in [2.45, 2.75) is 11.8 Å². The SMILES string of the molecule is COc1ccc(N2CC(C(=O)N3CCSC3c3ccccc3)CC2=O)cc1. The van der Waals surface area contributed by atoms with Crippen LogP contribution in [-0.2, 0) is 9.59 Å². The van der Waals surface area contributed by atoms with Gasteiger partial charge in [-0.15, -0.1) is 11.8 Å². The van der Waals surface area contributed by atoms with Crippen LogP contribution >= 0.6 is 11.8 Å². The Morgan fingerprint density at radius 2 is 1.85 bits per heavy atom. The maximum Gasteiger partial charge on any atom is 0.229 e. The smallest absolute Gasteiger partial charge is 0.229 e. The van der Waals surface area contributed by atoms with Crippen molar-refractivity contribution >= 4 is 29.3 Å². The summed E-state index contributed by atoms with van der Waals surface area (Å²) in [4.78, 5) is 29.3. The van der Waals surface area contributed by atoms with Crippen molar-refractivity contribution in [3.8, 4) is 5.75 Å². The highest BCUT2D eigenvalue weighted by atomic mass is 32.2. The van der Waals surface area contributed by atoms with Crippen LogP contribution in [0.4, 0.5) is 5.69 Å². The van der Waals surface area contributed by atoms with Crippen LogP contribution in [0.25, 0.3) is 0 Å². The summed E-state index contributed by atoms with van der Waals surface area (Å²) in [5.41, 5.74) is 1.95. The number of carbonyl (C=O) groups is 2. The van der Waals surface area contributed by atoms with Crippen molar-refractivity contribution in [3.63, 3.8) is 0 Å². The Morgan fingerprint density at radius 1 is 1.11 bits per heavy atom. The topological polar surface area (TPSA) is 49.9 Å². The fourth-order valence-corrected chi connectivity index (χ4v) is 4.97. The maximum atomic E-state index is 13.2. The van der Waals surface area contributed by atoms with Gasteiger partial charge >= 0.3 is 0 Å². The van der Waals surface area contributed by atoms with Gasteiger partial charge in [0.05, 0.1) is 13.0 Å². The average molecular weight is 382 g/mol. The second-order valence-electron chi connectivity index (χ2n) is 6.77. The van der Waals surface area contributed by atoms with E-state index in [1.165, 1.54) is 0 Å². The molecule has 0 radical (unpaired) electrons. The molecule has 2 aromatic rings. The molecule has 140 valence electrons. The summed E-state index contributed by atoms with van der Waals surface area (Å²) in [5, 5.41) is 0.0452. The number of thioether (sulfide) groups is 1. The molecular formula is C21H22N2O3S. The van der Waals surface area contributed by atoms with Crippen molar-refractivity contribution in [1.29, 1.82) is 0 Å². The molecule has 2 aromatic carbocycles. The molecule has 5 nitrogen and oxygen atoms in total. The van der Waals surface area contributed by atoms with Gasteiger partial charge in [0.2, 0.25) is 11.8 Å². The lowest BCUT2D eigenvalue weighted by atomic mass is 10.1. The highest BCUT2D eigenvalue weighted by Crippen LogP contribution is 2.39. The van der Waals surface area contributed by atoms with E-state index in [0.29, 0.717) is 6.54 Å². The van der Waals surface area contributed by atoms with Crippen molar-refractivity contribution in [2.24, 2.45) is 5.92 Å². The first-order valence-corrected chi connectivity index (χ1v) is 10.1. The summed E-state index contributed by atoms with van der Waals surface area (Å²) in [6, 6.07) is 17.5. The Labute approximate surface area is 163 Å². The van der Waals surface area contributed by atoms with Crippen molar-refractivity contribution in [1.82, 2.24) is 4.90 Å². The van der Waals surface area contributed by atoms with Gasteiger partial charge in [-0.2, -0.15) is 0 Å². The lowest BCUT2D eigenvalue weighted by Gasteiger charge is -2.26. The van der Waals surface area contributed by atoms with Crippen LogP contribution in [0.5, 0.6) is 5.75 Å². The number of amides is 2. The molecule has 0 aliphatic carbocycles. The van der Waals surface area contributed by atoms with Crippen LogP contribution in [0.15, 0.2) is 54.6 Å². The van der Waals surface area contributed by atoms with Gasteiger partial charge in [-0.3, -0.25) is 9.59 Å². The number of benzene rings is 2. The molecule has 2 aliphatic rings. The van der Waals surface area contributed by atoms with E-state index in [4.69, 9.17) is 4.74 Å².